The standard InChI is InChI=1S/C43H32N4/c44-40(26-39-25-33-14-6-9-17-38(33)28-45-39)34-15-7-8-16-35(24-34)41-27-42(36-20-18-30-11-4-5-13-31(30)22-36)47-43(46-41)37-21-19-29-10-2-1-3-12-32(29)23-37/h2-15,17-28,44-45H,1,16H2/b39-26-,44-40?. The van der Waals surface area contributed by atoms with Crippen LogP contribution in [-0.2, 0) is 0 Å². The van der Waals surface area contributed by atoms with Gasteiger partial charge in [-0.05, 0) is 92.8 Å². The molecule has 0 unspecified atom stereocenters. The van der Waals surface area contributed by atoms with Gasteiger partial charge in [0, 0.05) is 23.0 Å². The molecule has 4 heteroatoms. The Labute approximate surface area is 274 Å². The van der Waals surface area contributed by atoms with E-state index in [2.05, 4.69) is 127 Å². The minimum atomic E-state index is 0.426. The van der Waals surface area contributed by atoms with E-state index in [0.29, 0.717) is 18.0 Å². The molecule has 0 saturated carbocycles. The van der Waals surface area contributed by atoms with E-state index in [4.69, 9.17) is 15.4 Å². The summed E-state index contributed by atoms with van der Waals surface area (Å²) in [5.74, 6) is 0.683. The van der Waals surface area contributed by atoms with Crippen molar-refractivity contribution in [2.45, 2.75) is 12.8 Å². The van der Waals surface area contributed by atoms with Crippen LogP contribution in [0.15, 0.2) is 145 Å². The number of nitrogens with one attached hydrogen (secondary N) is 2. The molecule has 0 fully saturated rings. The molecule has 1 aliphatic heterocycles. The molecule has 1 aromatic heterocycles. The summed E-state index contributed by atoms with van der Waals surface area (Å²) in [5.41, 5.74) is 9.26. The van der Waals surface area contributed by atoms with E-state index in [1.54, 1.807) is 0 Å². The number of hydrogen-bond acceptors (Lipinski definition) is 4. The van der Waals surface area contributed by atoms with Gasteiger partial charge in [-0.15, -0.1) is 0 Å². The van der Waals surface area contributed by atoms with E-state index in [1.165, 1.54) is 16.3 Å². The molecule has 4 nitrogen and oxygen atoms in total. The first-order chi connectivity index (χ1) is 23.2. The number of rotatable bonds is 5. The molecule has 0 atom stereocenters. The SMILES string of the molecule is N=C(/C=C1/C=c2ccccc2=CN1)C1=CC=CCC(c2cc(-c3ccc4ccccc4c3)nc(-c3ccc4c(c3)C=CCC=C4)n2)=C1. The zero-order valence-electron chi connectivity index (χ0n) is 25.8. The van der Waals surface area contributed by atoms with Crippen molar-refractivity contribution in [3.8, 4) is 22.6 Å². The highest BCUT2D eigenvalue weighted by atomic mass is 14.9. The van der Waals surface area contributed by atoms with Crippen LogP contribution >= 0.6 is 0 Å². The highest BCUT2D eigenvalue weighted by molar-refractivity contribution is 6.10. The fourth-order valence-electron chi connectivity index (χ4n) is 6.19. The van der Waals surface area contributed by atoms with Crippen molar-refractivity contribution < 1.29 is 0 Å². The smallest absolute Gasteiger partial charge is 0.160 e. The number of aromatic nitrogens is 2. The molecular weight excluding hydrogens is 573 g/mol. The second-order valence-corrected chi connectivity index (χ2v) is 11.9. The molecule has 5 aromatic rings. The number of fused-ring (bicyclic) bond motifs is 3. The third kappa shape index (κ3) is 5.97. The number of hydrogen-bond donors (Lipinski definition) is 2. The van der Waals surface area contributed by atoms with Crippen molar-refractivity contribution in [1.82, 2.24) is 15.3 Å². The van der Waals surface area contributed by atoms with Crippen molar-refractivity contribution in [1.29, 1.82) is 5.41 Å². The maximum Gasteiger partial charge on any atom is 0.160 e. The quantitative estimate of drug-likeness (QED) is 0.198. The molecule has 0 radical (unpaired) electrons. The topological polar surface area (TPSA) is 61.7 Å². The van der Waals surface area contributed by atoms with E-state index in [9.17, 15) is 0 Å². The van der Waals surface area contributed by atoms with Crippen LogP contribution in [0.25, 0.3) is 63.4 Å². The zero-order chi connectivity index (χ0) is 31.6. The summed E-state index contributed by atoms with van der Waals surface area (Å²) >= 11 is 0. The molecule has 8 rings (SSSR count). The molecule has 47 heavy (non-hydrogen) atoms. The van der Waals surface area contributed by atoms with Gasteiger partial charge in [0.25, 0.3) is 0 Å². The molecule has 0 bridgehead atoms. The summed E-state index contributed by atoms with van der Waals surface area (Å²) in [6.45, 7) is 0. The van der Waals surface area contributed by atoms with E-state index in [-0.39, 0.29) is 0 Å². The van der Waals surface area contributed by atoms with Gasteiger partial charge < -0.3 is 10.7 Å². The van der Waals surface area contributed by atoms with Crippen LogP contribution in [0.1, 0.15) is 29.7 Å². The Hall–Kier alpha value is -6.13. The molecule has 4 aromatic carbocycles. The summed E-state index contributed by atoms with van der Waals surface area (Å²) in [6.07, 6.45) is 24.6. The highest BCUT2D eigenvalue weighted by Crippen LogP contribution is 2.32. The third-order valence-electron chi connectivity index (χ3n) is 8.70. The third-order valence-corrected chi connectivity index (χ3v) is 8.70. The van der Waals surface area contributed by atoms with Gasteiger partial charge in [0.15, 0.2) is 5.82 Å². The van der Waals surface area contributed by atoms with Gasteiger partial charge in [0.1, 0.15) is 0 Å². The Morgan fingerprint density at radius 1 is 0.702 bits per heavy atom. The Morgan fingerprint density at radius 3 is 2.40 bits per heavy atom. The van der Waals surface area contributed by atoms with Crippen LogP contribution < -0.4 is 15.8 Å². The Kier molecular flexibility index (Phi) is 7.44. The Balaban J connectivity index is 1.22. The van der Waals surface area contributed by atoms with Crippen LogP contribution in [-0.4, -0.2) is 15.7 Å². The van der Waals surface area contributed by atoms with Crippen LogP contribution in [0.5, 0.6) is 0 Å². The minimum Gasteiger partial charge on any atom is -0.361 e. The minimum absolute atomic E-state index is 0.426. The largest absolute Gasteiger partial charge is 0.361 e. The molecule has 2 N–H and O–H groups in total. The van der Waals surface area contributed by atoms with E-state index >= 15 is 0 Å². The predicted octanol–water partition coefficient (Wildman–Crippen LogP) is 8.39. The fourth-order valence-corrected chi connectivity index (χ4v) is 6.19. The van der Waals surface area contributed by atoms with Crippen LogP contribution in [0.4, 0.5) is 0 Å². The summed E-state index contributed by atoms with van der Waals surface area (Å²) in [6, 6.07) is 31.7. The molecule has 2 aliphatic carbocycles. The first-order valence-corrected chi connectivity index (χ1v) is 15.9. The zero-order valence-corrected chi connectivity index (χ0v) is 25.8. The van der Waals surface area contributed by atoms with Crippen molar-refractivity contribution in [2.24, 2.45) is 0 Å². The van der Waals surface area contributed by atoms with Gasteiger partial charge in [0.05, 0.1) is 17.1 Å². The Morgan fingerprint density at radius 2 is 1.49 bits per heavy atom. The summed E-state index contributed by atoms with van der Waals surface area (Å²) in [7, 11) is 0. The normalized spacial score (nSPS) is 15.7. The second kappa shape index (κ2) is 12.3. The monoisotopic (exact) mass is 604 g/mol. The van der Waals surface area contributed by atoms with Crippen molar-refractivity contribution in [3.63, 3.8) is 0 Å². The van der Waals surface area contributed by atoms with Gasteiger partial charge >= 0.3 is 0 Å². The van der Waals surface area contributed by atoms with Gasteiger partial charge in [0.2, 0.25) is 0 Å². The predicted molar refractivity (Wildman–Crippen MR) is 196 cm³/mol. The maximum atomic E-state index is 9.05. The molecule has 0 spiro atoms. The molecule has 0 amide bonds. The second-order valence-electron chi connectivity index (χ2n) is 11.9. The lowest BCUT2D eigenvalue weighted by Crippen LogP contribution is -2.31. The summed E-state index contributed by atoms with van der Waals surface area (Å²) < 4.78 is 0. The van der Waals surface area contributed by atoms with Crippen molar-refractivity contribution in [3.05, 3.63) is 172 Å². The summed E-state index contributed by atoms with van der Waals surface area (Å²) in [5, 5.41) is 17.0. The van der Waals surface area contributed by atoms with Gasteiger partial charge in [-0.2, -0.15) is 0 Å². The number of allylic oxidation sites excluding steroid dienone is 10. The van der Waals surface area contributed by atoms with E-state index in [0.717, 1.165) is 61.8 Å². The fraction of sp³-hybridized carbons (Fsp3) is 0.0465. The highest BCUT2D eigenvalue weighted by Gasteiger charge is 2.15. The Bertz CT molecular complexity index is 2400. The number of benzene rings is 4. The molecule has 3 aliphatic rings. The molecule has 224 valence electrons. The first-order valence-electron chi connectivity index (χ1n) is 15.9. The lowest BCUT2D eigenvalue weighted by Gasteiger charge is -2.13. The van der Waals surface area contributed by atoms with E-state index < -0.39 is 0 Å². The average Bonchev–Trinajstić information content (AvgIpc) is 3.52. The van der Waals surface area contributed by atoms with Crippen molar-refractivity contribution in [2.75, 3.05) is 0 Å². The van der Waals surface area contributed by atoms with Crippen LogP contribution in [0.3, 0.4) is 0 Å². The van der Waals surface area contributed by atoms with Gasteiger partial charge in [-0.3, -0.25) is 0 Å². The lowest BCUT2D eigenvalue weighted by molar-refractivity contribution is 1.14. The van der Waals surface area contributed by atoms with Crippen LogP contribution in [0, 0.1) is 5.41 Å². The number of nitrogens with zero attached hydrogens (tertiary/aromatic N) is 2. The molecular formula is C43H32N4. The lowest BCUT2D eigenvalue weighted by atomic mass is 9.99. The van der Waals surface area contributed by atoms with Gasteiger partial charge in [-0.1, -0.05) is 115 Å². The average molecular weight is 605 g/mol. The van der Waals surface area contributed by atoms with Crippen LogP contribution in [0.2, 0.25) is 0 Å². The molecule has 2 heterocycles. The summed E-state index contributed by atoms with van der Waals surface area (Å²) in [4.78, 5) is 10.3. The maximum absolute atomic E-state index is 9.05. The molecule has 0 saturated heterocycles. The first kappa shape index (κ1) is 28.4. The van der Waals surface area contributed by atoms with Crippen molar-refractivity contribution >= 4 is 46.5 Å². The van der Waals surface area contributed by atoms with Gasteiger partial charge in [-0.25, -0.2) is 9.97 Å². The van der Waals surface area contributed by atoms with E-state index in [1.807, 2.05) is 36.6 Å².